The summed E-state index contributed by atoms with van der Waals surface area (Å²) >= 11 is 1.36. The predicted octanol–water partition coefficient (Wildman–Crippen LogP) is 4.26. The van der Waals surface area contributed by atoms with E-state index in [9.17, 15) is 4.79 Å². The van der Waals surface area contributed by atoms with E-state index in [2.05, 4.69) is 39.8 Å². The second-order valence-electron chi connectivity index (χ2n) is 7.13. The minimum Gasteiger partial charge on any atom is -0.497 e. The maximum atomic E-state index is 12.7. The van der Waals surface area contributed by atoms with Gasteiger partial charge in [-0.2, -0.15) is 0 Å². The lowest BCUT2D eigenvalue weighted by atomic mass is 10.0. The van der Waals surface area contributed by atoms with Crippen molar-refractivity contribution in [3.8, 4) is 11.4 Å². The first-order valence-electron chi connectivity index (χ1n) is 9.73. The fourth-order valence-electron chi connectivity index (χ4n) is 3.91. The molecule has 0 aliphatic heterocycles. The van der Waals surface area contributed by atoms with Gasteiger partial charge in [-0.15, -0.1) is 10.2 Å². The molecule has 0 spiro atoms. The highest BCUT2D eigenvalue weighted by Gasteiger charge is 2.17. The number of carbonyl (C=O) groups excluding carboxylic acids is 1. The average Bonchev–Trinajstić information content (AvgIpc) is 3.42. The van der Waals surface area contributed by atoms with Crippen LogP contribution in [0, 0.1) is 0 Å². The van der Waals surface area contributed by atoms with Crippen molar-refractivity contribution in [2.24, 2.45) is 0 Å². The molecule has 0 radical (unpaired) electrons. The van der Waals surface area contributed by atoms with Gasteiger partial charge in [-0.3, -0.25) is 9.36 Å². The molecule has 0 saturated heterocycles. The number of carbonyl (C=O) groups is 1. The second kappa shape index (κ2) is 7.84. The molecule has 7 heteroatoms. The van der Waals surface area contributed by atoms with Crippen molar-refractivity contribution in [3.05, 3.63) is 72.1 Å². The third kappa shape index (κ3) is 3.41. The molecule has 0 unspecified atom stereocenters. The molecule has 1 aliphatic carbocycles. The molecule has 30 heavy (non-hydrogen) atoms. The minimum absolute atomic E-state index is 0.0667. The van der Waals surface area contributed by atoms with E-state index >= 15 is 0 Å². The molecule has 1 N–H and O–H groups in total. The van der Waals surface area contributed by atoms with Gasteiger partial charge in [0, 0.05) is 16.8 Å². The molecule has 1 heterocycles. The topological polar surface area (TPSA) is 69.0 Å². The van der Waals surface area contributed by atoms with Crippen LogP contribution in [0.1, 0.15) is 11.1 Å². The molecule has 0 saturated carbocycles. The van der Waals surface area contributed by atoms with Crippen LogP contribution in [-0.4, -0.2) is 33.5 Å². The molecule has 1 aromatic heterocycles. The third-order valence-corrected chi connectivity index (χ3v) is 6.29. The molecule has 1 amide bonds. The molecule has 4 aromatic rings. The van der Waals surface area contributed by atoms with Gasteiger partial charge in [0.2, 0.25) is 5.91 Å². The summed E-state index contributed by atoms with van der Waals surface area (Å²) in [5, 5.41) is 14.3. The van der Waals surface area contributed by atoms with Crippen LogP contribution in [0.25, 0.3) is 16.5 Å². The number of anilines is 1. The zero-order valence-corrected chi connectivity index (χ0v) is 17.3. The summed E-state index contributed by atoms with van der Waals surface area (Å²) in [6, 6.07) is 18.1. The van der Waals surface area contributed by atoms with E-state index in [0.717, 1.165) is 35.4 Å². The number of benzene rings is 3. The highest BCUT2D eigenvalue weighted by molar-refractivity contribution is 7.99. The summed E-state index contributed by atoms with van der Waals surface area (Å²) in [7, 11) is 1.63. The number of aromatic nitrogens is 3. The zero-order chi connectivity index (χ0) is 20.5. The van der Waals surface area contributed by atoms with Gasteiger partial charge in [0.15, 0.2) is 5.16 Å². The van der Waals surface area contributed by atoms with Crippen molar-refractivity contribution in [2.45, 2.75) is 18.0 Å². The minimum atomic E-state index is -0.0667. The van der Waals surface area contributed by atoms with E-state index < -0.39 is 0 Å². The molecule has 0 fully saturated rings. The summed E-state index contributed by atoms with van der Waals surface area (Å²) in [5.74, 6) is 0.964. The van der Waals surface area contributed by atoms with E-state index in [-0.39, 0.29) is 11.7 Å². The fraction of sp³-hybridized carbons (Fsp3) is 0.174. The summed E-state index contributed by atoms with van der Waals surface area (Å²) < 4.78 is 7.06. The monoisotopic (exact) mass is 416 g/mol. The zero-order valence-electron chi connectivity index (χ0n) is 16.5. The van der Waals surface area contributed by atoms with Crippen LogP contribution in [0.5, 0.6) is 5.75 Å². The smallest absolute Gasteiger partial charge is 0.234 e. The number of nitrogens with zero attached hydrogens (tertiary/aromatic N) is 3. The Hall–Kier alpha value is -3.32. The van der Waals surface area contributed by atoms with Crippen LogP contribution in [0.3, 0.4) is 0 Å². The van der Waals surface area contributed by atoms with Crippen molar-refractivity contribution in [1.82, 2.24) is 14.8 Å². The standard InChI is InChI=1S/C23H20N4O2S/c1-29-18-10-8-17(9-11-18)27-14-24-26-23(27)30-13-21(28)25-20-12-7-16-6-5-15-3-2-4-19(20)22(15)16/h2-4,7-12,14H,5-6,13H2,1H3,(H,25,28). The Morgan fingerprint density at radius 1 is 1.10 bits per heavy atom. The maximum Gasteiger partial charge on any atom is 0.234 e. The van der Waals surface area contributed by atoms with Crippen molar-refractivity contribution in [2.75, 3.05) is 18.2 Å². The van der Waals surface area contributed by atoms with E-state index in [1.54, 1.807) is 13.4 Å². The molecule has 1 aliphatic rings. The number of nitrogens with one attached hydrogen (secondary N) is 1. The number of methoxy groups -OCH3 is 1. The number of thioether (sulfide) groups is 1. The first-order chi connectivity index (χ1) is 14.7. The number of amides is 1. The first kappa shape index (κ1) is 18.7. The molecular weight excluding hydrogens is 396 g/mol. The summed E-state index contributed by atoms with van der Waals surface area (Å²) in [6.07, 6.45) is 3.78. The molecule has 5 rings (SSSR count). The van der Waals surface area contributed by atoms with Gasteiger partial charge in [0.1, 0.15) is 12.1 Å². The lowest BCUT2D eigenvalue weighted by molar-refractivity contribution is -0.113. The summed E-state index contributed by atoms with van der Waals surface area (Å²) in [5.41, 5.74) is 4.50. The lowest BCUT2D eigenvalue weighted by Crippen LogP contribution is -2.15. The van der Waals surface area contributed by atoms with E-state index in [4.69, 9.17) is 4.74 Å². The SMILES string of the molecule is COc1ccc(-n2cnnc2SCC(=O)Nc2ccc3c4c(cccc24)CC3)cc1. The van der Waals surface area contributed by atoms with Crippen molar-refractivity contribution >= 4 is 34.1 Å². The average molecular weight is 417 g/mol. The van der Waals surface area contributed by atoms with Crippen molar-refractivity contribution < 1.29 is 9.53 Å². The van der Waals surface area contributed by atoms with Gasteiger partial charge in [-0.05, 0) is 59.7 Å². The van der Waals surface area contributed by atoms with Gasteiger partial charge >= 0.3 is 0 Å². The Labute approximate surface area is 178 Å². The Morgan fingerprint density at radius 3 is 2.70 bits per heavy atom. The van der Waals surface area contributed by atoms with Gasteiger partial charge in [-0.1, -0.05) is 36.0 Å². The molecule has 150 valence electrons. The largest absolute Gasteiger partial charge is 0.497 e. The van der Waals surface area contributed by atoms with Gasteiger partial charge < -0.3 is 10.1 Å². The van der Waals surface area contributed by atoms with E-state index in [1.807, 2.05) is 34.9 Å². The van der Waals surface area contributed by atoms with Crippen molar-refractivity contribution in [1.29, 1.82) is 0 Å². The summed E-state index contributed by atoms with van der Waals surface area (Å²) in [4.78, 5) is 12.7. The second-order valence-corrected chi connectivity index (χ2v) is 8.07. The van der Waals surface area contributed by atoms with Crippen LogP contribution in [-0.2, 0) is 17.6 Å². The quantitative estimate of drug-likeness (QED) is 0.476. The Kier molecular flexibility index (Phi) is 4.88. The molecule has 3 aromatic carbocycles. The lowest BCUT2D eigenvalue weighted by Gasteiger charge is -2.11. The Morgan fingerprint density at radius 2 is 1.90 bits per heavy atom. The maximum absolute atomic E-state index is 12.7. The Balaban J connectivity index is 1.30. The highest BCUT2D eigenvalue weighted by atomic mass is 32.2. The highest BCUT2D eigenvalue weighted by Crippen LogP contribution is 2.35. The number of hydrogen-bond donors (Lipinski definition) is 1. The normalized spacial score (nSPS) is 12.3. The predicted molar refractivity (Wildman–Crippen MR) is 119 cm³/mol. The van der Waals surface area contributed by atoms with Crippen LogP contribution in [0.15, 0.2) is 66.1 Å². The summed E-state index contributed by atoms with van der Waals surface area (Å²) in [6.45, 7) is 0. The van der Waals surface area contributed by atoms with Gasteiger partial charge in [0.05, 0.1) is 12.9 Å². The van der Waals surface area contributed by atoms with Crippen molar-refractivity contribution in [3.63, 3.8) is 0 Å². The fourth-order valence-corrected chi connectivity index (χ4v) is 4.64. The first-order valence-corrected chi connectivity index (χ1v) is 10.7. The number of rotatable bonds is 6. The molecular formula is C23H20N4O2S. The number of aryl methyl sites for hydroxylation is 2. The van der Waals surface area contributed by atoms with Crippen LogP contribution in [0.2, 0.25) is 0 Å². The number of hydrogen-bond acceptors (Lipinski definition) is 5. The van der Waals surface area contributed by atoms with Crippen LogP contribution in [0.4, 0.5) is 5.69 Å². The number of ether oxygens (including phenoxy) is 1. The Bertz CT molecular complexity index is 1220. The van der Waals surface area contributed by atoms with Gasteiger partial charge in [-0.25, -0.2) is 0 Å². The van der Waals surface area contributed by atoms with Gasteiger partial charge in [0.25, 0.3) is 0 Å². The molecule has 0 atom stereocenters. The molecule has 0 bridgehead atoms. The van der Waals surface area contributed by atoms with E-state index in [0.29, 0.717) is 5.16 Å². The molecule has 6 nitrogen and oxygen atoms in total. The van der Waals surface area contributed by atoms with Crippen LogP contribution >= 0.6 is 11.8 Å². The third-order valence-electron chi connectivity index (χ3n) is 5.35. The van der Waals surface area contributed by atoms with Crippen LogP contribution < -0.4 is 10.1 Å². The van der Waals surface area contributed by atoms with E-state index in [1.165, 1.54) is 28.3 Å².